The maximum atomic E-state index is 13.9. The average Bonchev–Trinajstić information content (AvgIpc) is 2.66. The summed E-state index contributed by atoms with van der Waals surface area (Å²) >= 11 is 0. The van der Waals surface area contributed by atoms with E-state index >= 15 is 0 Å². The molecule has 0 aliphatic carbocycles. The largest absolute Gasteiger partial charge is 0.306 e. The van der Waals surface area contributed by atoms with Gasteiger partial charge in [-0.1, -0.05) is 0 Å². The van der Waals surface area contributed by atoms with Crippen LogP contribution in [0.1, 0.15) is 16.8 Å². The maximum absolute atomic E-state index is 13.9. The Labute approximate surface area is 148 Å². The molecule has 0 fully saturated rings. The number of nitrogens with one attached hydrogen (secondary N) is 1. The van der Waals surface area contributed by atoms with Gasteiger partial charge in [-0.2, -0.15) is 0 Å². The van der Waals surface area contributed by atoms with Gasteiger partial charge in [-0.3, -0.25) is 14.7 Å². The van der Waals surface area contributed by atoms with Gasteiger partial charge in [-0.25, -0.2) is 13.8 Å². The third-order valence-electron chi connectivity index (χ3n) is 4.50. The minimum atomic E-state index is -0.472. The summed E-state index contributed by atoms with van der Waals surface area (Å²) in [4.78, 5) is 25.8. The summed E-state index contributed by atoms with van der Waals surface area (Å²) in [7, 11) is 0. The van der Waals surface area contributed by atoms with Gasteiger partial charge >= 0.3 is 0 Å². The van der Waals surface area contributed by atoms with Gasteiger partial charge in [-0.15, -0.1) is 0 Å². The highest BCUT2D eigenvalue weighted by Gasteiger charge is 2.22. The minimum absolute atomic E-state index is 0.203. The van der Waals surface area contributed by atoms with Crippen LogP contribution in [0.4, 0.5) is 8.78 Å². The van der Waals surface area contributed by atoms with Crippen molar-refractivity contribution in [2.75, 3.05) is 6.54 Å². The van der Waals surface area contributed by atoms with E-state index in [4.69, 9.17) is 0 Å². The molecule has 1 N–H and O–H groups in total. The molecule has 0 radical (unpaired) electrons. The first-order chi connectivity index (χ1) is 12.6. The number of halogens is 2. The zero-order valence-corrected chi connectivity index (χ0v) is 13.9. The number of hydrogen-bond donors (Lipinski definition) is 1. The highest BCUT2D eigenvalue weighted by molar-refractivity contribution is 5.54. The quantitative estimate of drug-likeness (QED) is 0.786. The molecule has 5 nitrogen and oxygen atoms in total. The van der Waals surface area contributed by atoms with Crippen molar-refractivity contribution >= 4 is 0 Å². The van der Waals surface area contributed by atoms with Gasteiger partial charge in [0.1, 0.15) is 17.5 Å². The first kappa shape index (κ1) is 16.5. The molecule has 1 aliphatic heterocycles. The molecular weight excluding hydrogens is 338 g/mol. The van der Waals surface area contributed by atoms with Crippen LogP contribution in [-0.4, -0.2) is 26.4 Å². The van der Waals surface area contributed by atoms with Crippen LogP contribution >= 0.6 is 0 Å². The van der Waals surface area contributed by atoms with Crippen LogP contribution in [0.2, 0.25) is 0 Å². The van der Waals surface area contributed by atoms with Crippen molar-refractivity contribution in [2.24, 2.45) is 0 Å². The van der Waals surface area contributed by atoms with Crippen LogP contribution in [0, 0.1) is 11.6 Å². The third-order valence-corrected chi connectivity index (χ3v) is 4.50. The second kappa shape index (κ2) is 6.76. The average molecular weight is 354 g/mol. The Morgan fingerprint density at radius 1 is 1.15 bits per heavy atom. The van der Waals surface area contributed by atoms with Gasteiger partial charge in [0.2, 0.25) is 0 Å². The predicted octanol–water partition coefficient (Wildman–Crippen LogP) is 2.67. The van der Waals surface area contributed by atoms with E-state index in [-0.39, 0.29) is 17.7 Å². The molecule has 132 valence electrons. The molecular formula is C19H16F2N4O. The number of hydrogen-bond acceptors (Lipinski definition) is 4. The molecule has 0 amide bonds. The molecule has 3 aromatic rings. The van der Waals surface area contributed by atoms with E-state index in [0.717, 1.165) is 23.4 Å². The van der Waals surface area contributed by atoms with Gasteiger partial charge in [0.25, 0.3) is 5.56 Å². The lowest BCUT2D eigenvalue weighted by atomic mass is 10.1. The number of nitrogens with zero attached hydrogens (tertiary/aromatic N) is 3. The van der Waals surface area contributed by atoms with Crippen LogP contribution in [0.3, 0.4) is 0 Å². The normalized spacial score (nSPS) is 14.2. The Bertz CT molecular complexity index is 1000. The highest BCUT2D eigenvalue weighted by atomic mass is 19.1. The fourth-order valence-electron chi connectivity index (χ4n) is 3.17. The molecule has 7 heteroatoms. The van der Waals surface area contributed by atoms with Crippen molar-refractivity contribution in [3.63, 3.8) is 0 Å². The van der Waals surface area contributed by atoms with Crippen molar-refractivity contribution in [3.8, 4) is 11.4 Å². The van der Waals surface area contributed by atoms with Crippen LogP contribution in [0.15, 0.2) is 47.5 Å². The maximum Gasteiger partial charge on any atom is 0.255 e. The number of benzene rings is 1. The van der Waals surface area contributed by atoms with Gasteiger partial charge in [-0.05, 0) is 30.3 Å². The Hall–Kier alpha value is -2.93. The van der Waals surface area contributed by atoms with Gasteiger partial charge < -0.3 is 4.98 Å². The standard InChI is InChI=1S/C19H16F2N4O/c20-14-1-2-16(21)13(9-14)10-25-8-5-17-15(11-25)19(26)24-18(23-17)12-3-6-22-7-4-12/h1-4,6-7,9H,5,8,10-11H2,(H,23,24,26). The third kappa shape index (κ3) is 3.25. The molecule has 1 aromatic carbocycles. The molecule has 26 heavy (non-hydrogen) atoms. The molecule has 0 unspecified atom stereocenters. The molecule has 1 aliphatic rings. The Morgan fingerprint density at radius 3 is 2.77 bits per heavy atom. The van der Waals surface area contributed by atoms with E-state index in [1.165, 1.54) is 6.07 Å². The van der Waals surface area contributed by atoms with Crippen LogP contribution < -0.4 is 5.56 Å². The molecule has 0 spiro atoms. The second-order valence-corrected chi connectivity index (χ2v) is 6.27. The molecule has 3 heterocycles. The molecule has 0 saturated heterocycles. The van der Waals surface area contributed by atoms with Crippen molar-refractivity contribution in [1.82, 2.24) is 19.9 Å². The van der Waals surface area contributed by atoms with Gasteiger partial charge in [0.05, 0.1) is 11.3 Å². The Morgan fingerprint density at radius 2 is 1.96 bits per heavy atom. The molecule has 0 saturated carbocycles. The zero-order valence-electron chi connectivity index (χ0n) is 13.9. The summed E-state index contributed by atoms with van der Waals surface area (Å²) in [6.07, 6.45) is 3.86. The topological polar surface area (TPSA) is 61.9 Å². The molecule has 4 rings (SSSR count). The van der Waals surface area contributed by atoms with Crippen LogP contribution in [-0.2, 0) is 19.5 Å². The number of H-pyrrole nitrogens is 1. The Balaban J connectivity index is 1.59. The van der Waals surface area contributed by atoms with E-state index in [1.54, 1.807) is 24.5 Å². The zero-order chi connectivity index (χ0) is 18.1. The van der Waals surface area contributed by atoms with Crippen LogP contribution in [0.25, 0.3) is 11.4 Å². The molecule has 2 aromatic heterocycles. The first-order valence-corrected chi connectivity index (χ1v) is 8.29. The SMILES string of the molecule is O=c1[nH]c(-c2ccncc2)nc2c1CN(Cc1cc(F)ccc1F)CC2. The van der Waals surface area contributed by atoms with Gasteiger partial charge in [0, 0.05) is 49.6 Å². The van der Waals surface area contributed by atoms with E-state index in [9.17, 15) is 13.6 Å². The summed E-state index contributed by atoms with van der Waals surface area (Å²) in [5.74, 6) is -0.404. The summed E-state index contributed by atoms with van der Waals surface area (Å²) in [6, 6.07) is 6.98. The highest BCUT2D eigenvalue weighted by Crippen LogP contribution is 2.20. The first-order valence-electron chi connectivity index (χ1n) is 8.29. The van der Waals surface area contributed by atoms with Crippen molar-refractivity contribution < 1.29 is 8.78 Å². The second-order valence-electron chi connectivity index (χ2n) is 6.27. The van der Waals surface area contributed by atoms with Crippen LogP contribution in [0.5, 0.6) is 0 Å². The summed E-state index contributed by atoms with van der Waals surface area (Å²) in [5, 5.41) is 0. The van der Waals surface area contributed by atoms with Crippen molar-refractivity contribution in [3.05, 3.63) is 81.5 Å². The fraction of sp³-hybridized carbons (Fsp3) is 0.211. The smallest absolute Gasteiger partial charge is 0.255 e. The summed E-state index contributed by atoms with van der Waals surface area (Å²) in [5.41, 5.74) is 2.20. The number of fused-ring (bicyclic) bond motifs is 1. The molecule has 0 bridgehead atoms. The monoisotopic (exact) mass is 354 g/mol. The lowest BCUT2D eigenvalue weighted by Crippen LogP contribution is -2.35. The fourth-order valence-corrected chi connectivity index (χ4v) is 3.17. The lowest BCUT2D eigenvalue weighted by molar-refractivity contribution is 0.238. The number of pyridine rings is 1. The summed E-state index contributed by atoms with van der Waals surface area (Å²) < 4.78 is 27.2. The Kier molecular flexibility index (Phi) is 4.30. The van der Waals surface area contributed by atoms with Crippen molar-refractivity contribution in [1.29, 1.82) is 0 Å². The van der Waals surface area contributed by atoms with E-state index < -0.39 is 11.6 Å². The minimum Gasteiger partial charge on any atom is -0.306 e. The number of rotatable bonds is 3. The van der Waals surface area contributed by atoms with Gasteiger partial charge in [0.15, 0.2) is 0 Å². The summed E-state index contributed by atoms with van der Waals surface area (Å²) in [6.45, 7) is 1.22. The predicted molar refractivity (Wildman–Crippen MR) is 92.3 cm³/mol. The molecule has 0 atom stereocenters. The number of aromatic nitrogens is 3. The lowest BCUT2D eigenvalue weighted by Gasteiger charge is -2.27. The van der Waals surface area contributed by atoms with Crippen molar-refractivity contribution in [2.45, 2.75) is 19.5 Å². The van der Waals surface area contributed by atoms with E-state index in [1.807, 2.05) is 4.90 Å². The van der Waals surface area contributed by atoms with E-state index in [0.29, 0.717) is 30.9 Å². The van der Waals surface area contributed by atoms with E-state index in [2.05, 4.69) is 15.0 Å². The number of aromatic amines is 1.